The molecule has 0 aliphatic rings. The quantitative estimate of drug-likeness (QED) is 0.0410. The molecule has 2 aromatic heterocycles. The van der Waals surface area contributed by atoms with E-state index in [0.29, 0.717) is 25.3 Å². The maximum Gasteiger partial charge on any atom is 0.413 e. The summed E-state index contributed by atoms with van der Waals surface area (Å²) in [5.41, 5.74) is -1.06. The van der Waals surface area contributed by atoms with Gasteiger partial charge >= 0.3 is 24.1 Å². The smallest absolute Gasteiger partial charge is 0.413 e. The summed E-state index contributed by atoms with van der Waals surface area (Å²) in [6, 6.07) is 7.16. The van der Waals surface area contributed by atoms with Crippen molar-refractivity contribution < 1.29 is 76.6 Å². The van der Waals surface area contributed by atoms with Crippen molar-refractivity contribution in [3.05, 3.63) is 47.9 Å². The summed E-state index contributed by atoms with van der Waals surface area (Å²) in [5, 5.41) is 20.2. The molecule has 1 atom stereocenters. The zero-order valence-electron chi connectivity index (χ0n) is 31.6. The highest BCUT2D eigenvalue weighted by Crippen LogP contribution is 2.22. The monoisotopic (exact) mass is 872 g/mol. The van der Waals surface area contributed by atoms with Gasteiger partial charge in [0.2, 0.25) is 12.0 Å². The summed E-state index contributed by atoms with van der Waals surface area (Å²) in [6.45, 7) is 16.4. The number of benzene rings is 1. The van der Waals surface area contributed by atoms with Gasteiger partial charge in [-0.1, -0.05) is 5.16 Å². The SMILES string of the molecule is C[n+]1cn(CCCNC(=O)OC(C)(C)C)cc1-c1ccc(OCC(ON=C(C(=O)O)c2csc(NC(=O)OC(C)(C)C)n2)C(=O)OC(C)(C)C)cc1.[I-]. The third kappa shape index (κ3) is 16.0. The minimum atomic E-state index is -1.48. The maximum atomic E-state index is 13.0. The molecule has 1 unspecified atom stereocenters. The molecule has 53 heavy (non-hydrogen) atoms. The second kappa shape index (κ2) is 19.0. The summed E-state index contributed by atoms with van der Waals surface area (Å²) in [5.74, 6) is -1.89. The number of esters is 1. The average molecular weight is 873 g/mol. The Morgan fingerprint density at radius 3 is 2.13 bits per heavy atom. The number of amides is 2. The Labute approximate surface area is 330 Å². The largest absolute Gasteiger partial charge is 1.00 e. The first-order valence-electron chi connectivity index (χ1n) is 16.5. The van der Waals surface area contributed by atoms with E-state index in [9.17, 15) is 24.3 Å². The molecule has 0 bridgehead atoms. The highest BCUT2D eigenvalue weighted by molar-refractivity contribution is 7.14. The molecule has 16 nitrogen and oxygen atoms in total. The molecule has 292 valence electrons. The number of ether oxygens (including phenoxy) is 4. The number of nitrogens with zero attached hydrogens (tertiary/aromatic N) is 4. The van der Waals surface area contributed by atoms with Gasteiger partial charge in [0.1, 0.15) is 41.1 Å². The van der Waals surface area contributed by atoms with E-state index in [0.717, 1.165) is 22.6 Å². The first-order valence-corrected chi connectivity index (χ1v) is 17.4. The highest BCUT2D eigenvalue weighted by atomic mass is 127. The van der Waals surface area contributed by atoms with Crippen LogP contribution in [0.4, 0.5) is 14.7 Å². The van der Waals surface area contributed by atoms with Crippen molar-refractivity contribution in [1.29, 1.82) is 0 Å². The van der Waals surface area contributed by atoms with Gasteiger partial charge in [-0.3, -0.25) is 5.32 Å². The summed E-state index contributed by atoms with van der Waals surface area (Å²) >= 11 is 0.954. The second-order valence-electron chi connectivity index (χ2n) is 14.6. The third-order valence-corrected chi connectivity index (χ3v) is 7.06. The van der Waals surface area contributed by atoms with Crippen LogP contribution in [0.5, 0.6) is 5.75 Å². The number of carbonyl (C=O) groups is 4. The lowest BCUT2D eigenvalue weighted by Gasteiger charge is -2.23. The lowest BCUT2D eigenvalue weighted by Crippen LogP contribution is -3.00. The molecular formula is C35H49IN6O10S. The van der Waals surface area contributed by atoms with Crippen molar-refractivity contribution in [3.63, 3.8) is 0 Å². The molecule has 0 aliphatic heterocycles. The Kier molecular flexibility index (Phi) is 16.1. The maximum absolute atomic E-state index is 13.0. The van der Waals surface area contributed by atoms with Crippen molar-refractivity contribution in [2.45, 2.75) is 98.2 Å². The van der Waals surface area contributed by atoms with E-state index in [1.165, 1.54) is 5.38 Å². The van der Waals surface area contributed by atoms with Crippen molar-refractivity contribution >= 4 is 46.3 Å². The number of rotatable bonds is 14. The summed E-state index contributed by atoms with van der Waals surface area (Å²) < 4.78 is 25.8. The van der Waals surface area contributed by atoms with Gasteiger partial charge in [-0.2, -0.15) is 0 Å². The Balaban J connectivity index is 0.00000972. The minimum Gasteiger partial charge on any atom is -1.00 e. The number of thiazole rings is 1. The first kappa shape index (κ1) is 44.7. The van der Waals surface area contributed by atoms with E-state index in [4.69, 9.17) is 23.8 Å². The predicted molar refractivity (Wildman–Crippen MR) is 192 cm³/mol. The van der Waals surface area contributed by atoms with Crippen LogP contribution in [-0.2, 0) is 42.2 Å². The number of imidazole rings is 1. The summed E-state index contributed by atoms with van der Waals surface area (Å²) in [4.78, 5) is 58.6. The Morgan fingerprint density at radius 1 is 0.943 bits per heavy atom. The van der Waals surface area contributed by atoms with Crippen molar-refractivity contribution in [1.82, 2.24) is 14.9 Å². The number of aryl methyl sites for hydroxylation is 2. The molecule has 0 saturated carbocycles. The van der Waals surface area contributed by atoms with E-state index in [-0.39, 0.29) is 41.4 Å². The molecule has 3 rings (SSSR count). The number of halogens is 1. The van der Waals surface area contributed by atoms with E-state index >= 15 is 0 Å². The molecule has 0 radical (unpaired) electrons. The summed E-state index contributed by atoms with van der Waals surface area (Å²) in [6.07, 6.45) is 1.99. The number of anilines is 1. The number of hydrogen-bond acceptors (Lipinski definition) is 12. The summed E-state index contributed by atoms with van der Waals surface area (Å²) in [7, 11) is 1.92. The van der Waals surface area contributed by atoms with Gasteiger partial charge in [-0.05, 0) is 86.6 Å². The number of aromatic nitrogens is 3. The van der Waals surface area contributed by atoms with Gasteiger partial charge in [0, 0.05) is 23.9 Å². The Bertz CT molecular complexity index is 1740. The third-order valence-electron chi connectivity index (χ3n) is 6.30. The molecule has 3 N–H and O–H groups in total. The van der Waals surface area contributed by atoms with Gasteiger partial charge in [-0.25, -0.2) is 33.3 Å². The van der Waals surface area contributed by atoms with Gasteiger partial charge < -0.3 is 58.2 Å². The van der Waals surface area contributed by atoms with Gasteiger partial charge in [0.05, 0.1) is 13.6 Å². The number of oxime groups is 1. The average Bonchev–Trinajstić information content (AvgIpc) is 3.60. The van der Waals surface area contributed by atoms with Crippen molar-refractivity contribution in [3.8, 4) is 17.0 Å². The van der Waals surface area contributed by atoms with Crippen LogP contribution in [-0.4, -0.2) is 80.6 Å². The molecule has 0 saturated heterocycles. The van der Waals surface area contributed by atoms with E-state index in [2.05, 4.69) is 20.8 Å². The van der Waals surface area contributed by atoms with Gasteiger partial charge in [-0.15, -0.1) is 11.3 Å². The number of hydrogen-bond donors (Lipinski definition) is 3. The molecule has 18 heteroatoms. The number of alkyl carbamates (subject to hydrolysis) is 1. The van der Waals surface area contributed by atoms with Crippen LogP contribution < -0.4 is 43.9 Å². The van der Waals surface area contributed by atoms with Gasteiger partial charge in [0.25, 0.3) is 6.10 Å². The normalized spacial score (nSPS) is 12.5. The Morgan fingerprint density at radius 2 is 1.55 bits per heavy atom. The van der Waals surface area contributed by atoms with Crippen LogP contribution in [0.1, 0.15) is 74.4 Å². The van der Waals surface area contributed by atoms with E-state index in [1.54, 1.807) is 53.7 Å². The molecule has 2 heterocycles. The molecule has 2 amide bonds. The van der Waals surface area contributed by atoms with Gasteiger partial charge in [0.15, 0.2) is 10.8 Å². The molecule has 0 fully saturated rings. The van der Waals surface area contributed by atoms with Crippen LogP contribution in [0, 0.1) is 0 Å². The lowest BCUT2D eigenvalue weighted by atomic mass is 10.1. The topological polar surface area (TPSA) is 193 Å². The molecule has 0 spiro atoms. The molecule has 3 aromatic rings. The standard InChI is InChI=1S/C35H48N6O10S.HI/c1-33(2,3)48-29(44)26(51-39-27(28(42)43)24-20-52-30(37-24)38-32(46)50-35(7,8)9)19-47-23-14-12-22(13-15-23)25-18-41(21-40(25)10)17-11-16-36-31(45)49-34(4,5)6;/h12-15,18,20-21,26H,11,16-17,19H2,1-10H3,(H2-,36,37,38,42,43,45,46);1H. The number of aliphatic carboxylic acids is 1. The minimum absolute atomic E-state index is 0. The molecule has 0 aliphatic carbocycles. The first-order chi connectivity index (χ1) is 24.1. The van der Waals surface area contributed by atoms with Crippen LogP contribution >= 0.6 is 11.3 Å². The fourth-order valence-electron chi connectivity index (χ4n) is 4.28. The van der Waals surface area contributed by atoms with E-state index in [1.807, 2.05) is 61.6 Å². The zero-order valence-corrected chi connectivity index (χ0v) is 34.6. The number of carboxylic acids is 1. The lowest BCUT2D eigenvalue weighted by molar-refractivity contribution is -0.660. The zero-order chi connectivity index (χ0) is 38.9. The molecular weight excluding hydrogens is 823 g/mol. The van der Waals surface area contributed by atoms with Crippen molar-refractivity contribution in [2.24, 2.45) is 12.2 Å². The predicted octanol–water partition coefficient (Wildman–Crippen LogP) is 2.30. The number of carbonyl (C=O) groups excluding carboxylic acids is 3. The van der Waals surface area contributed by atoms with Crippen molar-refractivity contribution in [2.75, 3.05) is 18.5 Å². The number of carboxylic acid groups (broad SMARTS) is 1. The van der Waals surface area contributed by atoms with Crippen LogP contribution in [0.25, 0.3) is 11.3 Å². The van der Waals surface area contributed by atoms with E-state index < -0.39 is 52.7 Å². The highest BCUT2D eigenvalue weighted by Gasteiger charge is 2.30. The van der Waals surface area contributed by atoms with Crippen LogP contribution in [0.15, 0.2) is 47.3 Å². The second-order valence-corrected chi connectivity index (χ2v) is 15.5. The van der Waals surface area contributed by atoms with Crippen LogP contribution in [0.3, 0.4) is 0 Å². The van der Waals surface area contributed by atoms with Crippen LogP contribution in [0.2, 0.25) is 0 Å². The fraction of sp³-hybridized carbons (Fsp3) is 0.514. The fourth-order valence-corrected chi connectivity index (χ4v) is 4.96. The Hall–Kier alpha value is -4.46. The molecule has 1 aromatic carbocycles. The number of nitrogens with one attached hydrogen (secondary N) is 2.